The van der Waals surface area contributed by atoms with Crippen LogP contribution in [0.2, 0.25) is 0 Å². The SMILES string of the molecule is c1cnc2ccc3cc4c(nc3c2c1)OCC41CCCC1. The summed E-state index contributed by atoms with van der Waals surface area (Å²) in [6.07, 6.45) is 6.92. The van der Waals surface area contributed by atoms with Gasteiger partial charge in [0.1, 0.15) is 0 Å². The highest BCUT2D eigenvalue weighted by atomic mass is 16.5. The summed E-state index contributed by atoms with van der Waals surface area (Å²) in [5, 5.41) is 2.31. The zero-order valence-corrected chi connectivity index (χ0v) is 11.8. The molecule has 0 amide bonds. The molecule has 104 valence electrons. The number of hydrogen-bond acceptors (Lipinski definition) is 3. The van der Waals surface area contributed by atoms with Crippen molar-refractivity contribution in [1.29, 1.82) is 0 Å². The molecule has 3 aromatic rings. The molecule has 1 spiro atoms. The summed E-state index contributed by atoms with van der Waals surface area (Å²) < 4.78 is 5.96. The Morgan fingerprint density at radius 3 is 2.90 bits per heavy atom. The summed E-state index contributed by atoms with van der Waals surface area (Å²) in [5.74, 6) is 0.848. The van der Waals surface area contributed by atoms with Crippen molar-refractivity contribution in [3.8, 4) is 5.88 Å². The van der Waals surface area contributed by atoms with E-state index < -0.39 is 0 Å². The Labute approximate surface area is 123 Å². The Morgan fingerprint density at radius 1 is 1.10 bits per heavy atom. The molecule has 3 heterocycles. The van der Waals surface area contributed by atoms with Crippen molar-refractivity contribution in [2.24, 2.45) is 0 Å². The molecule has 3 heteroatoms. The van der Waals surface area contributed by atoms with Crippen LogP contribution in [0.25, 0.3) is 21.8 Å². The van der Waals surface area contributed by atoms with Crippen molar-refractivity contribution in [2.45, 2.75) is 31.1 Å². The van der Waals surface area contributed by atoms with Gasteiger partial charge in [-0.05, 0) is 37.1 Å². The quantitative estimate of drug-likeness (QED) is 0.582. The minimum Gasteiger partial charge on any atom is -0.476 e. The Morgan fingerprint density at radius 2 is 2.00 bits per heavy atom. The zero-order chi connectivity index (χ0) is 13.9. The lowest BCUT2D eigenvalue weighted by Gasteiger charge is -2.20. The lowest BCUT2D eigenvalue weighted by molar-refractivity contribution is 0.262. The van der Waals surface area contributed by atoms with E-state index in [1.54, 1.807) is 0 Å². The van der Waals surface area contributed by atoms with E-state index in [-0.39, 0.29) is 5.41 Å². The first-order valence-electron chi connectivity index (χ1n) is 7.68. The minimum atomic E-state index is 0.237. The molecule has 0 N–H and O–H groups in total. The van der Waals surface area contributed by atoms with Gasteiger partial charge in [-0.25, -0.2) is 4.98 Å². The van der Waals surface area contributed by atoms with Crippen LogP contribution in [0.4, 0.5) is 0 Å². The molecule has 0 radical (unpaired) electrons. The van der Waals surface area contributed by atoms with Crippen molar-refractivity contribution in [3.63, 3.8) is 0 Å². The van der Waals surface area contributed by atoms with Crippen molar-refractivity contribution in [1.82, 2.24) is 9.97 Å². The molecular weight excluding hydrogens is 260 g/mol. The van der Waals surface area contributed by atoms with Crippen molar-refractivity contribution >= 4 is 21.8 Å². The molecule has 1 aliphatic heterocycles. The lowest BCUT2D eigenvalue weighted by Crippen LogP contribution is -2.23. The van der Waals surface area contributed by atoms with Crippen molar-refractivity contribution < 1.29 is 4.74 Å². The number of rotatable bonds is 0. The molecule has 1 aliphatic carbocycles. The highest BCUT2D eigenvalue weighted by Crippen LogP contribution is 2.49. The van der Waals surface area contributed by atoms with E-state index in [0.717, 1.165) is 28.9 Å². The van der Waals surface area contributed by atoms with Crippen LogP contribution < -0.4 is 4.74 Å². The molecule has 2 aromatic heterocycles. The van der Waals surface area contributed by atoms with Crippen LogP contribution in [0.5, 0.6) is 5.88 Å². The second kappa shape index (κ2) is 3.94. The number of hydrogen-bond donors (Lipinski definition) is 0. The molecule has 1 fully saturated rings. The summed E-state index contributed by atoms with van der Waals surface area (Å²) in [7, 11) is 0. The van der Waals surface area contributed by atoms with Crippen LogP contribution in [0.3, 0.4) is 0 Å². The van der Waals surface area contributed by atoms with Gasteiger partial charge in [-0.1, -0.05) is 18.9 Å². The Bertz CT molecular complexity index is 866. The first-order chi connectivity index (χ1) is 10.4. The number of aromatic nitrogens is 2. The number of nitrogens with zero attached hydrogens (tertiary/aromatic N) is 2. The standard InChI is InChI=1S/C18H16N2O/c1-2-8-18(7-1)11-21-17-14(18)10-12-5-6-15-13(16(12)20-17)4-3-9-19-15/h3-6,9-10H,1-2,7-8,11H2. The highest BCUT2D eigenvalue weighted by Gasteiger charge is 2.43. The fourth-order valence-corrected chi connectivity index (χ4v) is 4.01. The van der Waals surface area contributed by atoms with Crippen molar-refractivity contribution in [3.05, 3.63) is 42.1 Å². The second-order valence-electron chi connectivity index (χ2n) is 6.32. The summed E-state index contributed by atoms with van der Waals surface area (Å²) in [6.45, 7) is 0.807. The average Bonchev–Trinajstić information content (AvgIpc) is 3.15. The van der Waals surface area contributed by atoms with E-state index in [1.807, 2.05) is 12.3 Å². The molecule has 1 saturated carbocycles. The molecule has 0 saturated heterocycles. The number of benzene rings is 1. The lowest BCUT2D eigenvalue weighted by atomic mass is 9.81. The van der Waals surface area contributed by atoms with E-state index in [4.69, 9.17) is 9.72 Å². The van der Waals surface area contributed by atoms with Crippen LogP contribution in [0, 0.1) is 0 Å². The van der Waals surface area contributed by atoms with Gasteiger partial charge in [-0.15, -0.1) is 0 Å². The highest BCUT2D eigenvalue weighted by molar-refractivity contribution is 6.04. The maximum atomic E-state index is 5.96. The van der Waals surface area contributed by atoms with Crippen LogP contribution in [-0.4, -0.2) is 16.6 Å². The van der Waals surface area contributed by atoms with E-state index in [2.05, 4.69) is 29.2 Å². The first-order valence-corrected chi connectivity index (χ1v) is 7.68. The van der Waals surface area contributed by atoms with Gasteiger partial charge in [0.25, 0.3) is 0 Å². The third-order valence-corrected chi connectivity index (χ3v) is 5.15. The molecule has 2 aliphatic rings. The third kappa shape index (κ3) is 1.49. The third-order valence-electron chi connectivity index (χ3n) is 5.15. The van der Waals surface area contributed by atoms with Crippen LogP contribution in [0.15, 0.2) is 36.5 Å². The maximum absolute atomic E-state index is 5.96. The molecule has 5 rings (SSSR count). The predicted molar refractivity (Wildman–Crippen MR) is 82.7 cm³/mol. The van der Waals surface area contributed by atoms with Crippen molar-refractivity contribution in [2.75, 3.05) is 6.61 Å². The maximum Gasteiger partial charge on any atom is 0.217 e. The summed E-state index contributed by atoms with van der Waals surface area (Å²) in [5.41, 5.74) is 3.57. The van der Waals surface area contributed by atoms with Crippen LogP contribution >= 0.6 is 0 Å². The van der Waals surface area contributed by atoms with Gasteiger partial charge in [0, 0.05) is 27.9 Å². The second-order valence-corrected chi connectivity index (χ2v) is 6.32. The van der Waals surface area contributed by atoms with Gasteiger partial charge in [0.2, 0.25) is 5.88 Å². The van der Waals surface area contributed by atoms with Gasteiger partial charge < -0.3 is 4.74 Å². The monoisotopic (exact) mass is 276 g/mol. The Hall–Kier alpha value is -2.16. The molecule has 0 atom stereocenters. The van der Waals surface area contributed by atoms with E-state index in [9.17, 15) is 0 Å². The number of pyridine rings is 2. The Kier molecular flexibility index (Phi) is 2.16. The number of fused-ring (bicyclic) bond motifs is 5. The van der Waals surface area contributed by atoms with Gasteiger partial charge in [0.15, 0.2) is 0 Å². The summed E-state index contributed by atoms with van der Waals surface area (Å²) in [4.78, 5) is 9.26. The number of ether oxygens (including phenoxy) is 1. The minimum absolute atomic E-state index is 0.237. The van der Waals surface area contributed by atoms with Gasteiger partial charge >= 0.3 is 0 Å². The van der Waals surface area contributed by atoms with Gasteiger partial charge in [-0.2, -0.15) is 0 Å². The zero-order valence-electron chi connectivity index (χ0n) is 11.8. The molecule has 1 aromatic carbocycles. The fourth-order valence-electron chi connectivity index (χ4n) is 4.01. The smallest absolute Gasteiger partial charge is 0.217 e. The normalized spacial score (nSPS) is 19.2. The van der Waals surface area contributed by atoms with Gasteiger partial charge in [0.05, 0.1) is 17.6 Å². The first kappa shape index (κ1) is 11.5. The summed E-state index contributed by atoms with van der Waals surface area (Å²) >= 11 is 0. The van der Waals surface area contributed by atoms with E-state index in [0.29, 0.717) is 0 Å². The largest absolute Gasteiger partial charge is 0.476 e. The average molecular weight is 276 g/mol. The molecule has 0 unspecified atom stereocenters. The fraction of sp³-hybridized carbons (Fsp3) is 0.333. The molecular formula is C18H16N2O. The molecule has 3 nitrogen and oxygen atoms in total. The van der Waals surface area contributed by atoms with Crippen LogP contribution in [0.1, 0.15) is 31.2 Å². The van der Waals surface area contributed by atoms with Crippen LogP contribution in [-0.2, 0) is 5.41 Å². The Balaban J connectivity index is 1.83. The topological polar surface area (TPSA) is 35.0 Å². The van der Waals surface area contributed by atoms with E-state index >= 15 is 0 Å². The van der Waals surface area contributed by atoms with Gasteiger partial charge in [-0.3, -0.25) is 4.98 Å². The van der Waals surface area contributed by atoms with E-state index in [1.165, 1.54) is 36.6 Å². The molecule has 21 heavy (non-hydrogen) atoms. The summed E-state index contributed by atoms with van der Waals surface area (Å²) in [6, 6.07) is 10.6. The molecule has 0 bridgehead atoms. The predicted octanol–water partition coefficient (Wildman–Crippen LogP) is 3.99.